The van der Waals surface area contributed by atoms with Crippen LogP contribution in [0.5, 0.6) is 0 Å². The maximum absolute atomic E-state index is 12.8. The molecule has 0 unspecified atom stereocenters. The number of carbonyl (C=O) groups excluding carboxylic acids is 2. The fourth-order valence-electron chi connectivity index (χ4n) is 2.56. The van der Waals surface area contributed by atoms with Crippen LogP contribution in [0.2, 0.25) is 0 Å². The van der Waals surface area contributed by atoms with Crippen LogP contribution < -0.4 is 10.4 Å². The zero-order chi connectivity index (χ0) is 23.1. The van der Waals surface area contributed by atoms with E-state index in [9.17, 15) is 9.59 Å². The largest absolute Gasteiger partial charge is 0.495 e. The first-order chi connectivity index (χ1) is 13.4. The van der Waals surface area contributed by atoms with Crippen molar-refractivity contribution in [3.63, 3.8) is 0 Å². The Kier molecular flexibility index (Phi) is 6.32. The van der Waals surface area contributed by atoms with Gasteiger partial charge in [0.05, 0.1) is 11.2 Å². The molecular weight excluding hydrogens is 387 g/mol. The van der Waals surface area contributed by atoms with Crippen molar-refractivity contribution in [3.8, 4) is 0 Å². The predicted octanol–water partition coefficient (Wildman–Crippen LogP) is 4.06. The normalized spacial score (nSPS) is 18.1. The highest BCUT2D eigenvalue weighted by Gasteiger charge is 2.52. The average Bonchev–Trinajstić information content (AvgIpc) is 2.72. The van der Waals surface area contributed by atoms with Crippen LogP contribution in [-0.4, -0.2) is 46.7 Å². The molecule has 30 heavy (non-hydrogen) atoms. The summed E-state index contributed by atoms with van der Waals surface area (Å²) in [4.78, 5) is 30.6. The Labute approximate surface area is 179 Å². The van der Waals surface area contributed by atoms with Crippen LogP contribution >= 0.6 is 0 Å². The Morgan fingerprint density at radius 2 is 1.37 bits per heavy atom. The zero-order valence-electron chi connectivity index (χ0n) is 19.7. The van der Waals surface area contributed by atoms with E-state index in [0.717, 1.165) is 4.90 Å². The molecule has 0 spiro atoms. The standard InChI is InChI=1S/C21H33BN2O6/c1-18(2,3)27-16(25)24(17(26)28-19(4,5)6)15-13-14(11-12-23-15)22-29-20(7,8)21(9,10)30-22/h11-13H,1-10H3. The van der Waals surface area contributed by atoms with Gasteiger partial charge in [-0.2, -0.15) is 4.90 Å². The lowest BCUT2D eigenvalue weighted by atomic mass is 9.79. The first kappa shape index (κ1) is 24.1. The average molecular weight is 420 g/mol. The van der Waals surface area contributed by atoms with E-state index in [4.69, 9.17) is 18.8 Å². The number of carbonyl (C=O) groups is 2. The van der Waals surface area contributed by atoms with Crippen LogP contribution in [0.15, 0.2) is 18.3 Å². The Morgan fingerprint density at radius 3 is 1.77 bits per heavy atom. The maximum atomic E-state index is 12.8. The number of imide groups is 1. The van der Waals surface area contributed by atoms with Gasteiger partial charge in [-0.15, -0.1) is 0 Å². The van der Waals surface area contributed by atoms with Crippen molar-refractivity contribution in [2.75, 3.05) is 4.90 Å². The molecule has 0 radical (unpaired) electrons. The molecule has 1 aliphatic rings. The summed E-state index contributed by atoms with van der Waals surface area (Å²) in [5, 5.41) is 0. The summed E-state index contributed by atoms with van der Waals surface area (Å²) in [5.74, 6) is 0.0608. The predicted molar refractivity (Wildman–Crippen MR) is 115 cm³/mol. The number of amides is 2. The molecule has 0 aliphatic carbocycles. The number of hydrogen-bond acceptors (Lipinski definition) is 7. The minimum absolute atomic E-state index is 0.0608. The van der Waals surface area contributed by atoms with Crippen molar-refractivity contribution in [1.82, 2.24) is 4.98 Å². The minimum Gasteiger partial charge on any atom is -0.443 e. The highest BCUT2D eigenvalue weighted by Crippen LogP contribution is 2.36. The molecule has 0 atom stereocenters. The molecule has 166 valence electrons. The number of aromatic nitrogens is 1. The molecule has 1 aliphatic heterocycles. The van der Waals surface area contributed by atoms with Crippen molar-refractivity contribution in [2.45, 2.75) is 91.6 Å². The summed E-state index contributed by atoms with van der Waals surface area (Å²) in [6, 6.07) is 3.28. The molecule has 1 aromatic heterocycles. The Hall–Kier alpha value is -2.13. The number of nitrogens with zero attached hydrogens (tertiary/aromatic N) is 2. The topological polar surface area (TPSA) is 87.2 Å². The summed E-state index contributed by atoms with van der Waals surface area (Å²) < 4.78 is 22.9. The summed E-state index contributed by atoms with van der Waals surface area (Å²) in [5.41, 5.74) is -2.05. The van der Waals surface area contributed by atoms with E-state index in [2.05, 4.69) is 4.98 Å². The van der Waals surface area contributed by atoms with Gasteiger partial charge in [-0.25, -0.2) is 14.6 Å². The number of ether oxygens (including phenoxy) is 2. The third kappa shape index (κ3) is 5.73. The van der Waals surface area contributed by atoms with E-state index < -0.39 is 41.7 Å². The molecule has 0 aromatic carbocycles. The maximum Gasteiger partial charge on any atom is 0.495 e. The molecule has 2 rings (SSSR count). The molecule has 2 amide bonds. The van der Waals surface area contributed by atoms with Crippen molar-refractivity contribution < 1.29 is 28.4 Å². The molecule has 2 heterocycles. The van der Waals surface area contributed by atoms with Gasteiger partial charge in [0.15, 0.2) is 0 Å². The SMILES string of the molecule is CC(C)(C)OC(=O)N(C(=O)OC(C)(C)C)c1cc(B2OC(C)(C)C(C)(C)O2)ccn1. The summed E-state index contributed by atoms with van der Waals surface area (Å²) in [6.45, 7) is 18.1. The second-order valence-electron chi connectivity index (χ2n) is 10.3. The Bertz CT molecular complexity index is 766. The summed E-state index contributed by atoms with van der Waals surface area (Å²) in [7, 11) is -0.670. The number of rotatable bonds is 2. The van der Waals surface area contributed by atoms with Gasteiger partial charge in [0.1, 0.15) is 17.0 Å². The molecule has 0 saturated carbocycles. The van der Waals surface area contributed by atoms with Crippen molar-refractivity contribution >= 4 is 30.6 Å². The molecule has 9 heteroatoms. The van der Waals surface area contributed by atoms with Gasteiger partial charge in [-0.05, 0) is 86.8 Å². The molecular formula is C21H33BN2O6. The molecule has 0 bridgehead atoms. The van der Waals surface area contributed by atoms with Crippen LogP contribution in [0.1, 0.15) is 69.2 Å². The summed E-state index contributed by atoms with van der Waals surface area (Å²) >= 11 is 0. The van der Waals surface area contributed by atoms with Crippen molar-refractivity contribution in [1.29, 1.82) is 0 Å². The van der Waals surface area contributed by atoms with Gasteiger partial charge >= 0.3 is 19.3 Å². The highest BCUT2D eigenvalue weighted by atomic mass is 16.7. The third-order valence-corrected chi connectivity index (χ3v) is 4.68. The molecule has 8 nitrogen and oxygen atoms in total. The van der Waals surface area contributed by atoms with Gasteiger partial charge in [0.25, 0.3) is 0 Å². The lowest BCUT2D eigenvalue weighted by Gasteiger charge is -2.32. The fourth-order valence-corrected chi connectivity index (χ4v) is 2.56. The van der Waals surface area contributed by atoms with Gasteiger partial charge in [-0.3, -0.25) is 0 Å². The van der Waals surface area contributed by atoms with Crippen LogP contribution in [-0.2, 0) is 18.8 Å². The molecule has 1 saturated heterocycles. The first-order valence-corrected chi connectivity index (χ1v) is 10.00. The summed E-state index contributed by atoms with van der Waals surface area (Å²) in [6.07, 6.45) is -0.275. The van der Waals surface area contributed by atoms with E-state index in [1.807, 2.05) is 27.7 Å². The van der Waals surface area contributed by atoms with Gasteiger partial charge in [0.2, 0.25) is 0 Å². The van der Waals surface area contributed by atoms with E-state index in [-0.39, 0.29) is 5.82 Å². The smallest absolute Gasteiger partial charge is 0.443 e. The van der Waals surface area contributed by atoms with E-state index in [1.54, 1.807) is 53.7 Å². The molecule has 1 aromatic rings. The highest BCUT2D eigenvalue weighted by molar-refractivity contribution is 6.62. The zero-order valence-corrected chi connectivity index (χ0v) is 19.7. The minimum atomic E-state index is -0.879. The van der Waals surface area contributed by atoms with Crippen LogP contribution in [0.3, 0.4) is 0 Å². The third-order valence-electron chi connectivity index (χ3n) is 4.68. The Balaban J connectivity index is 2.41. The monoisotopic (exact) mass is 420 g/mol. The number of anilines is 1. The van der Waals surface area contributed by atoms with Crippen LogP contribution in [0.25, 0.3) is 0 Å². The van der Waals surface area contributed by atoms with Crippen molar-refractivity contribution in [3.05, 3.63) is 18.3 Å². The lowest BCUT2D eigenvalue weighted by molar-refractivity contribution is 0.00578. The van der Waals surface area contributed by atoms with Gasteiger partial charge in [0, 0.05) is 6.20 Å². The van der Waals surface area contributed by atoms with E-state index in [1.165, 1.54) is 6.20 Å². The lowest BCUT2D eigenvalue weighted by Crippen LogP contribution is -2.45. The second kappa shape index (κ2) is 7.85. The quantitative estimate of drug-likeness (QED) is 0.667. The van der Waals surface area contributed by atoms with Crippen molar-refractivity contribution in [2.24, 2.45) is 0 Å². The molecule has 0 N–H and O–H groups in total. The van der Waals surface area contributed by atoms with E-state index in [0.29, 0.717) is 5.46 Å². The first-order valence-electron chi connectivity index (χ1n) is 10.00. The van der Waals surface area contributed by atoms with Gasteiger partial charge in [-0.1, -0.05) is 0 Å². The number of pyridine rings is 1. The van der Waals surface area contributed by atoms with Gasteiger partial charge < -0.3 is 18.8 Å². The number of hydrogen-bond donors (Lipinski definition) is 0. The molecule has 1 fully saturated rings. The second-order valence-corrected chi connectivity index (χ2v) is 10.3. The fraction of sp³-hybridized carbons (Fsp3) is 0.667. The van der Waals surface area contributed by atoms with E-state index >= 15 is 0 Å². The van der Waals surface area contributed by atoms with Crippen LogP contribution in [0, 0.1) is 0 Å². The Morgan fingerprint density at radius 1 is 0.933 bits per heavy atom. The van der Waals surface area contributed by atoms with Crippen LogP contribution in [0.4, 0.5) is 15.4 Å².